The van der Waals surface area contributed by atoms with Gasteiger partial charge in [-0.05, 0) is 28.9 Å². The number of nitro groups is 1. The van der Waals surface area contributed by atoms with Crippen LogP contribution in [0.4, 0.5) is 11.4 Å². The predicted molar refractivity (Wildman–Crippen MR) is 89.5 cm³/mol. The van der Waals surface area contributed by atoms with E-state index in [1.165, 1.54) is 12.1 Å². The first-order valence-corrected chi connectivity index (χ1v) is 8.00. The van der Waals surface area contributed by atoms with Crippen LogP contribution in [-0.4, -0.2) is 34.4 Å². The molecule has 3 rings (SSSR count). The number of rotatable bonds is 3. The summed E-state index contributed by atoms with van der Waals surface area (Å²) in [5.74, 6) is 0. The second-order valence-corrected chi connectivity index (χ2v) is 6.65. The summed E-state index contributed by atoms with van der Waals surface area (Å²) in [5, 5.41) is 15.1. The lowest BCUT2D eigenvalue weighted by molar-refractivity contribution is -0.384. The van der Waals surface area contributed by atoms with Crippen LogP contribution in [0.3, 0.4) is 0 Å². The largest absolute Gasteiger partial charge is 0.367 e. The molecule has 1 aromatic heterocycles. The van der Waals surface area contributed by atoms with Crippen LogP contribution in [0.25, 0.3) is 0 Å². The van der Waals surface area contributed by atoms with Gasteiger partial charge in [0.15, 0.2) is 0 Å². The number of nitro benzene ring substituents is 1. The maximum Gasteiger partial charge on any atom is 0.270 e. The normalized spacial score (nSPS) is 21.4. The van der Waals surface area contributed by atoms with E-state index in [0.717, 1.165) is 17.8 Å². The summed E-state index contributed by atoms with van der Waals surface area (Å²) in [6.45, 7) is 3.99. The van der Waals surface area contributed by atoms with Crippen LogP contribution in [-0.2, 0) is 17.4 Å². The van der Waals surface area contributed by atoms with Crippen LogP contribution < -0.4 is 4.90 Å². The Bertz CT molecular complexity index is 748. The molecule has 1 fully saturated rings. The minimum atomic E-state index is -0.465. The molecule has 0 radical (unpaired) electrons. The fourth-order valence-electron chi connectivity index (χ4n) is 2.81. The number of hydrogen-bond acceptors (Lipinski definition) is 5. The van der Waals surface area contributed by atoms with Crippen LogP contribution in [0, 0.1) is 10.1 Å². The summed E-state index contributed by atoms with van der Waals surface area (Å²) < 4.78 is 8.46. The van der Waals surface area contributed by atoms with Gasteiger partial charge in [0.05, 0.1) is 30.0 Å². The number of non-ortho nitro benzene ring substituents is 1. The Hall–Kier alpha value is -1.93. The highest BCUT2D eigenvalue weighted by Gasteiger charge is 2.35. The minimum absolute atomic E-state index is 0.0731. The van der Waals surface area contributed by atoms with Gasteiger partial charge in [0.2, 0.25) is 0 Å². The third kappa shape index (κ3) is 3.09. The molecule has 1 aliphatic rings. The van der Waals surface area contributed by atoms with Gasteiger partial charge in [0, 0.05) is 42.0 Å². The zero-order valence-corrected chi connectivity index (χ0v) is 14.5. The van der Waals surface area contributed by atoms with Crippen molar-refractivity contribution >= 4 is 27.3 Å². The highest BCUT2D eigenvalue weighted by atomic mass is 79.9. The fraction of sp³-hybridized carbons (Fsp3) is 0.400. The van der Waals surface area contributed by atoms with Crippen molar-refractivity contribution in [2.75, 3.05) is 24.6 Å². The van der Waals surface area contributed by atoms with E-state index in [9.17, 15) is 10.1 Å². The van der Waals surface area contributed by atoms with Gasteiger partial charge in [-0.3, -0.25) is 14.8 Å². The molecule has 1 saturated heterocycles. The minimum Gasteiger partial charge on any atom is -0.367 e. The van der Waals surface area contributed by atoms with Crippen LogP contribution in [0.2, 0.25) is 0 Å². The van der Waals surface area contributed by atoms with Crippen molar-refractivity contribution in [1.29, 1.82) is 0 Å². The summed E-state index contributed by atoms with van der Waals surface area (Å²) in [5.41, 5.74) is 1.55. The first-order valence-electron chi connectivity index (χ1n) is 7.21. The third-order valence-corrected chi connectivity index (χ3v) is 4.71. The maximum absolute atomic E-state index is 10.9. The second-order valence-electron chi connectivity index (χ2n) is 5.80. The molecular formula is C15H17BrN4O3. The molecular weight excluding hydrogens is 364 g/mol. The lowest BCUT2D eigenvalue weighted by Crippen LogP contribution is -2.48. The van der Waals surface area contributed by atoms with Crippen LogP contribution in [0.15, 0.2) is 35.1 Å². The second kappa shape index (κ2) is 5.93. The van der Waals surface area contributed by atoms with Crippen molar-refractivity contribution in [1.82, 2.24) is 9.78 Å². The maximum atomic E-state index is 10.9. The van der Waals surface area contributed by atoms with Gasteiger partial charge >= 0.3 is 0 Å². The Morgan fingerprint density at radius 3 is 2.87 bits per heavy atom. The Labute approximate surface area is 142 Å². The zero-order chi connectivity index (χ0) is 16.6. The molecule has 1 aliphatic heterocycles. The van der Waals surface area contributed by atoms with E-state index in [2.05, 4.69) is 25.9 Å². The van der Waals surface area contributed by atoms with Gasteiger partial charge in [-0.25, -0.2) is 0 Å². The molecule has 23 heavy (non-hydrogen) atoms. The van der Waals surface area contributed by atoms with Crippen LogP contribution in [0.5, 0.6) is 0 Å². The Balaban J connectivity index is 1.88. The van der Waals surface area contributed by atoms with Crippen LogP contribution in [0.1, 0.15) is 12.5 Å². The SMILES string of the molecule is Cn1cc(C2(C)CN(c3ccc([N+](=O)[O-])cc3Br)CCO2)cn1. The number of benzene rings is 1. The van der Waals surface area contributed by atoms with E-state index >= 15 is 0 Å². The molecule has 0 spiro atoms. The molecule has 0 N–H and O–H groups in total. The quantitative estimate of drug-likeness (QED) is 0.604. The summed E-state index contributed by atoms with van der Waals surface area (Å²) in [7, 11) is 1.88. The Kier molecular flexibility index (Phi) is 4.11. The molecule has 7 nitrogen and oxygen atoms in total. The molecule has 0 amide bonds. The van der Waals surface area contributed by atoms with Crippen molar-refractivity contribution in [2.24, 2.45) is 7.05 Å². The van der Waals surface area contributed by atoms with E-state index in [0.29, 0.717) is 17.6 Å². The molecule has 8 heteroatoms. The number of aromatic nitrogens is 2. The Morgan fingerprint density at radius 1 is 1.48 bits per heavy atom. The zero-order valence-electron chi connectivity index (χ0n) is 12.9. The van der Waals surface area contributed by atoms with Crippen molar-refractivity contribution in [3.05, 3.63) is 50.7 Å². The highest BCUT2D eigenvalue weighted by molar-refractivity contribution is 9.10. The molecule has 1 aromatic carbocycles. The molecule has 122 valence electrons. The van der Waals surface area contributed by atoms with E-state index in [-0.39, 0.29) is 5.69 Å². The lowest BCUT2D eigenvalue weighted by Gasteiger charge is -2.41. The van der Waals surface area contributed by atoms with E-state index in [1.54, 1.807) is 10.7 Å². The van der Waals surface area contributed by atoms with Gasteiger partial charge in [0.25, 0.3) is 5.69 Å². The topological polar surface area (TPSA) is 73.4 Å². The van der Waals surface area contributed by atoms with Gasteiger partial charge in [-0.1, -0.05) is 0 Å². The summed E-state index contributed by atoms with van der Waals surface area (Å²) >= 11 is 3.45. The molecule has 0 aliphatic carbocycles. The van der Waals surface area contributed by atoms with Crippen molar-refractivity contribution in [3.8, 4) is 0 Å². The standard InChI is InChI=1S/C15H17BrN4O3/c1-15(11-8-17-18(2)9-11)10-19(5-6-23-15)14-4-3-12(20(21)22)7-13(14)16/h3-4,7-9H,5-6,10H2,1-2H3. The smallest absolute Gasteiger partial charge is 0.270 e. The first kappa shape index (κ1) is 15.9. The molecule has 1 unspecified atom stereocenters. The van der Waals surface area contributed by atoms with E-state index in [1.807, 2.05) is 26.4 Å². The van der Waals surface area contributed by atoms with Gasteiger partial charge < -0.3 is 9.64 Å². The number of halogens is 1. The van der Waals surface area contributed by atoms with Gasteiger partial charge in [-0.15, -0.1) is 0 Å². The average molecular weight is 381 g/mol. The number of hydrogen-bond donors (Lipinski definition) is 0. The van der Waals surface area contributed by atoms with Crippen LogP contribution >= 0.6 is 15.9 Å². The van der Waals surface area contributed by atoms with E-state index in [4.69, 9.17) is 4.74 Å². The summed E-state index contributed by atoms with van der Waals surface area (Å²) in [4.78, 5) is 12.6. The van der Waals surface area contributed by atoms with Crippen molar-refractivity contribution in [2.45, 2.75) is 12.5 Å². The Morgan fingerprint density at radius 2 is 2.26 bits per heavy atom. The first-order chi connectivity index (χ1) is 10.9. The number of morpholine rings is 1. The molecule has 0 saturated carbocycles. The predicted octanol–water partition coefficient (Wildman–Crippen LogP) is 2.84. The number of aryl methyl sites for hydroxylation is 1. The number of anilines is 1. The monoisotopic (exact) mass is 380 g/mol. The third-order valence-electron chi connectivity index (χ3n) is 4.07. The molecule has 2 aromatic rings. The van der Waals surface area contributed by atoms with Crippen molar-refractivity contribution in [3.63, 3.8) is 0 Å². The van der Waals surface area contributed by atoms with Crippen molar-refractivity contribution < 1.29 is 9.66 Å². The number of ether oxygens (including phenoxy) is 1. The fourth-order valence-corrected chi connectivity index (χ4v) is 3.43. The van der Waals surface area contributed by atoms with Gasteiger partial charge in [0.1, 0.15) is 5.60 Å². The summed E-state index contributed by atoms with van der Waals surface area (Å²) in [6, 6.07) is 4.83. The number of nitrogens with zero attached hydrogens (tertiary/aromatic N) is 4. The van der Waals surface area contributed by atoms with Gasteiger partial charge in [-0.2, -0.15) is 5.10 Å². The molecule has 1 atom stereocenters. The summed E-state index contributed by atoms with van der Waals surface area (Å²) in [6.07, 6.45) is 3.77. The highest BCUT2D eigenvalue weighted by Crippen LogP contribution is 2.36. The van der Waals surface area contributed by atoms with E-state index < -0.39 is 10.5 Å². The average Bonchev–Trinajstić information content (AvgIpc) is 2.94. The molecule has 0 bridgehead atoms. The lowest BCUT2D eigenvalue weighted by atomic mass is 9.96. The molecule has 2 heterocycles.